The number of nitrogens with zero attached hydrogens (tertiary/aromatic N) is 2. The first-order valence-corrected chi connectivity index (χ1v) is 7.55. The highest BCUT2D eigenvalue weighted by Gasteiger charge is 2.12. The van der Waals surface area contributed by atoms with Crippen molar-refractivity contribution < 1.29 is 13.6 Å². The van der Waals surface area contributed by atoms with Crippen LogP contribution in [0.15, 0.2) is 35.3 Å². The van der Waals surface area contributed by atoms with Gasteiger partial charge in [0.1, 0.15) is 6.54 Å². The third-order valence-corrected chi connectivity index (χ3v) is 3.23. The summed E-state index contributed by atoms with van der Waals surface area (Å²) in [6.45, 7) is 7.90. The highest BCUT2D eigenvalue weighted by Crippen LogP contribution is 2.15. The first kappa shape index (κ1) is 23.3. The van der Waals surface area contributed by atoms with Crippen molar-refractivity contribution in [2.75, 3.05) is 27.2 Å². The standard InChI is InChI=1S/C17H24F2N4O.HI/c1-11(2)9-20-17(21-10-16(24)23(4)5)22-12(3)13-6-7-14(18)15(19)8-13;/h6-8,12H,1,9-10H2,2-5H3,(H2,20,21,22);1H. The Morgan fingerprint density at radius 3 is 2.48 bits per heavy atom. The van der Waals surface area contributed by atoms with Crippen LogP contribution >= 0.6 is 24.0 Å². The molecule has 140 valence electrons. The molecule has 0 aromatic heterocycles. The van der Waals surface area contributed by atoms with E-state index in [1.54, 1.807) is 21.0 Å². The van der Waals surface area contributed by atoms with Gasteiger partial charge in [0.2, 0.25) is 5.91 Å². The Kier molecular flexibility index (Phi) is 10.3. The van der Waals surface area contributed by atoms with Crippen LogP contribution in [0.25, 0.3) is 0 Å². The van der Waals surface area contributed by atoms with E-state index in [1.165, 1.54) is 11.0 Å². The van der Waals surface area contributed by atoms with Gasteiger partial charge in [0.25, 0.3) is 0 Å². The molecule has 0 saturated carbocycles. The maximum absolute atomic E-state index is 13.4. The molecule has 1 aromatic rings. The summed E-state index contributed by atoms with van der Waals surface area (Å²) in [5, 5.41) is 6.11. The number of guanidine groups is 1. The van der Waals surface area contributed by atoms with E-state index in [2.05, 4.69) is 22.2 Å². The van der Waals surface area contributed by atoms with Crippen LogP contribution in [0.5, 0.6) is 0 Å². The zero-order valence-corrected chi connectivity index (χ0v) is 17.2. The molecule has 1 aromatic carbocycles. The van der Waals surface area contributed by atoms with Gasteiger partial charge in [-0.25, -0.2) is 13.8 Å². The van der Waals surface area contributed by atoms with Gasteiger partial charge in [0.15, 0.2) is 17.6 Å². The zero-order chi connectivity index (χ0) is 18.3. The Balaban J connectivity index is 0.00000576. The van der Waals surface area contributed by atoms with Gasteiger partial charge in [0.05, 0.1) is 6.04 Å². The predicted octanol–water partition coefficient (Wildman–Crippen LogP) is 2.84. The largest absolute Gasteiger partial charge is 0.353 e. The lowest BCUT2D eigenvalue weighted by Gasteiger charge is -2.19. The van der Waals surface area contributed by atoms with E-state index in [9.17, 15) is 13.6 Å². The van der Waals surface area contributed by atoms with Crippen LogP contribution in [-0.2, 0) is 4.79 Å². The minimum atomic E-state index is -0.905. The molecular weight excluding hydrogens is 441 g/mol. The third-order valence-electron chi connectivity index (χ3n) is 3.23. The van der Waals surface area contributed by atoms with Crippen LogP contribution in [0.2, 0.25) is 0 Å². The molecular formula is C17H25F2IN4O. The fourth-order valence-corrected chi connectivity index (χ4v) is 1.75. The summed E-state index contributed by atoms with van der Waals surface area (Å²) in [4.78, 5) is 17.3. The highest BCUT2D eigenvalue weighted by molar-refractivity contribution is 14.0. The second-order valence-corrected chi connectivity index (χ2v) is 5.80. The Bertz CT molecular complexity index is 635. The average molecular weight is 466 g/mol. The van der Waals surface area contributed by atoms with Gasteiger partial charge in [-0.2, -0.15) is 0 Å². The molecule has 0 radical (unpaired) electrons. The summed E-state index contributed by atoms with van der Waals surface area (Å²) in [6.07, 6.45) is 0. The smallest absolute Gasteiger partial charge is 0.243 e. The number of carbonyl (C=O) groups is 1. The lowest BCUT2D eigenvalue weighted by Crippen LogP contribution is -2.40. The Morgan fingerprint density at radius 2 is 1.96 bits per heavy atom. The van der Waals surface area contributed by atoms with E-state index in [0.717, 1.165) is 17.7 Å². The lowest BCUT2D eigenvalue weighted by atomic mass is 10.1. The van der Waals surface area contributed by atoms with Crippen LogP contribution in [0.1, 0.15) is 25.5 Å². The van der Waals surface area contributed by atoms with Gasteiger partial charge in [0, 0.05) is 20.6 Å². The molecule has 0 aliphatic heterocycles. The van der Waals surface area contributed by atoms with Crippen LogP contribution < -0.4 is 10.6 Å². The number of aliphatic imine (C=N–C) groups is 1. The van der Waals surface area contributed by atoms with Crippen molar-refractivity contribution in [2.45, 2.75) is 19.9 Å². The molecule has 1 amide bonds. The van der Waals surface area contributed by atoms with Crippen LogP contribution in [0.4, 0.5) is 8.78 Å². The van der Waals surface area contributed by atoms with Crippen LogP contribution in [-0.4, -0.2) is 44.0 Å². The Hall–Kier alpha value is -1.71. The number of halogens is 3. The normalized spacial score (nSPS) is 12.0. The Morgan fingerprint density at radius 1 is 1.32 bits per heavy atom. The molecule has 0 spiro atoms. The van der Waals surface area contributed by atoms with Gasteiger partial charge in [-0.1, -0.05) is 18.2 Å². The number of carbonyl (C=O) groups excluding carboxylic acids is 1. The van der Waals surface area contributed by atoms with Crippen molar-refractivity contribution in [3.8, 4) is 0 Å². The molecule has 1 unspecified atom stereocenters. The maximum atomic E-state index is 13.4. The lowest BCUT2D eigenvalue weighted by molar-refractivity contribution is -0.127. The second-order valence-electron chi connectivity index (χ2n) is 5.80. The van der Waals surface area contributed by atoms with Crippen molar-refractivity contribution >= 4 is 35.8 Å². The van der Waals surface area contributed by atoms with E-state index in [0.29, 0.717) is 18.1 Å². The number of hydrogen-bond donors (Lipinski definition) is 2. The summed E-state index contributed by atoms with van der Waals surface area (Å²) in [5.74, 6) is -1.55. The summed E-state index contributed by atoms with van der Waals surface area (Å²) < 4.78 is 26.4. The second kappa shape index (κ2) is 11.0. The summed E-state index contributed by atoms with van der Waals surface area (Å²) in [5.41, 5.74) is 1.46. The third kappa shape index (κ3) is 8.28. The number of likely N-dealkylation sites (N-methyl/N-ethyl adjacent to an activating group) is 1. The molecule has 25 heavy (non-hydrogen) atoms. The molecule has 8 heteroatoms. The first-order chi connectivity index (χ1) is 11.2. The number of rotatable bonds is 6. The van der Waals surface area contributed by atoms with Gasteiger partial charge in [-0.15, -0.1) is 24.0 Å². The minimum Gasteiger partial charge on any atom is -0.353 e. The van der Waals surface area contributed by atoms with Crippen molar-refractivity contribution in [3.05, 3.63) is 47.5 Å². The topological polar surface area (TPSA) is 56.7 Å². The fraction of sp³-hybridized carbons (Fsp3) is 0.412. The van der Waals surface area contributed by atoms with E-state index in [1.807, 2.05) is 6.92 Å². The monoisotopic (exact) mass is 466 g/mol. The average Bonchev–Trinajstić information content (AvgIpc) is 2.51. The minimum absolute atomic E-state index is 0. The van der Waals surface area contributed by atoms with Crippen molar-refractivity contribution in [1.29, 1.82) is 0 Å². The summed E-state index contributed by atoms with van der Waals surface area (Å²) in [7, 11) is 3.30. The van der Waals surface area contributed by atoms with Crippen LogP contribution in [0.3, 0.4) is 0 Å². The van der Waals surface area contributed by atoms with E-state index in [-0.39, 0.29) is 42.5 Å². The predicted molar refractivity (Wildman–Crippen MR) is 107 cm³/mol. The maximum Gasteiger partial charge on any atom is 0.243 e. The van der Waals surface area contributed by atoms with Crippen molar-refractivity contribution in [1.82, 2.24) is 15.5 Å². The molecule has 1 atom stereocenters. The molecule has 0 aliphatic rings. The molecule has 0 bridgehead atoms. The molecule has 0 heterocycles. The van der Waals surface area contributed by atoms with Crippen molar-refractivity contribution in [2.24, 2.45) is 4.99 Å². The molecule has 0 saturated heterocycles. The molecule has 2 N–H and O–H groups in total. The number of nitrogens with one attached hydrogen (secondary N) is 2. The molecule has 5 nitrogen and oxygen atoms in total. The fourth-order valence-electron chi connectivity index (χ4n) is 1.75. The van der Waals surface area contributed by atoms with E-state index >= 15 is 0 Å². The van der Waals surface area contributed by atoms with Gasteiger partial charge < -0.3 is 15.5 Å². The number of amides is 1. The summed E-state index contributed by atoms with van der Waals surface area (Å²) in [6, 6.07) is 3.38. The quantitative estimate of drug-likeness (QED) is 0.294. The highest BCUT2D eigenvalue weighted by atomic mass is 127. The SMILES string of the molecule is C=C(C)CNC(=NCC(=O)N(C)C)NC(C)c1ccc(F)c(F)c1.I. The molecule has 0 fully saturated rings. The zero-order valence-electron chi connectivity index (χ0n) is 14.9. The summed E-state index contributed by atoms with van der Waals surface area (Å²) >= 11 is 0. The number of hydrogen-bond acceptors (Lipinski definition) is 2. The van der Waals surface area contributed by atoms with E-state index < -0.39 is 11.6 Å². The van der Waals surface area contributed by atoms with Gasteiger partial charge in [-0.3, -0.25) is 4.79 Å². The van der Waals surface area contributed by atoms with Gasteiger partial charge in [-0.05, 0) is 31.5 Å². The Labute approximate surface area is 164 Å². The van der Waals surface area contributed by atoms with E-state index in [4.69, 9.17) is 0 Å². The molecule has 0 aliphatic carbocycles. The molecule has 1 rings (SSSR count). The van der Waals surface area contributed by atoms with Gasteiger partial charge >= 0.3 is 0 Å². The number of benzene rings is 1. The van der Waals surface area contributed by atoms with Crippen molar-refractivity contribution in [3.63, 3.8) is 0 Å². The van der Waals surface area contributed by atoms with Crippen LogP contribution in [0, 0.1) is 11.6 Å². The first-order valence-electron chi connectivity index (χ1n) is 7.55.